The van der Waals surface area contributed by atoms with Gasteiger partial charge in [0.15, 0.2) is 10.1 Å². The van der Waals surface area contributed by atoms with E-state index in [1.807, 2.05) is 0 Å². The van der Waals surface area contributed by atoms with Gasteiger partial charge < -0.3 is 19.7 Å². The fourth-order valence-corrected chi connectivity index (χ4v) is 0.764. The predicted octanol–water partition coefficient (Wildman–Crippen LogP) is 0.436. The van der Waals surface area contributed by atoms with Crippen LogP contribution >= 0.6 is 24.4 Å². The van der Waals surface area contributed by atoms with Gasteiger partial charge in [-0.25, -0.2) is 0 Å². The Morgan fingerprint density at radius 1 is 1.00 bits per heavy atom. The molecule has 0 heterocycles. The highest BCUT2D eigenvalue weighted by Gasteiger charge is 2.17. The lowest BCUT2D eigenvalue weighted by atomic mass is 10.2. The van der Waals surface area contributed by atoms with Crippen LogP contribution in [0.1, 0.15) is 13.8 Å². The van der Waals surface area contributed by atoms with Crippen LogP contribution in [0, 0.1) is 0 Å². The van der Waals surface area contributed by atoms with Crippen molar-refractivity contribution >= 4 is 34.5 Å². The van der Waals surface area contributed by atoms with Crippen molar-refractivity contribution in [3.8, 4) is 0 Å². The maximum atomic E-state index is 9.32. The fourth-order valence-electron chi connectivity index (χ4n) is 0.628. The van der Waals surface area contributed by atoms with E-state index in [9.17, 15) is 10.2 Å². The molecule has 14 heavy (non-hydrogen) atoms. The molecule has 0 aliphatic heterocycles. The van der Waals surface area contributed by atoms with Crippen LogP contribution in [0.15, 0.2) is 0 Å². The van der Waals surface area contributed by atoms with Crippen LogP contribution in [0.2, 0.25) is 0 Å². The minimum Gasteiger partial charge on any atom is -0.485 e. The zero-order chi connectivity index (χ0) is 11.1. The maximum absolute atomic E-state index is 9.32. The van der Waals surface area contributed by atoms with E-state index in [4.69, 9.17) is 9.47 Å². The molecule has 0 aliphatic rings. The third kappa shape index (κ3) is 7.14. The summed E-state index contributed by atoms with van der Waals surface area (Å²) in [6, 6.07) is 0. The van der Waals surface area contributed by atoms with Crippen LogP contribution in [0.3, 0.4) is 0 Å². The third-order valence-corrected chi connectivity index (χ3v) is 1.59. The summed E-state index contributed by atoms with van der Waals surface area (Å²) in [5.41, 5.74) is 0. The molecule has 0 amide bonds. The minimum atomic E-state index is -1.03. The van der Waals surface area contributed by atoms with Crippen molar-refractivity contribution in [1.29, 1.82) is 0 Å². The summed E-state index contributed by atoms with van der Waals surface area (Å²) in [7, 11) is 0. The molecule has 0 fully saturated rings. The summed E-state index contributed by atoms with van der Waals surface area (Å²) >= 11 is 9.28. The van der Waals surface area contributed by atoms with Crippen molar-refractivity contribution in [3.05, 3.63) is 0 Å². The van der Waals surface area contributed by atoms with Gasteiger partial charge in [0, 0.05) is 13.8 Å². The van der Waals surface area contributed by atoms with Gasteiger partial charge in [-0.15, -0.1) is 0 Å². The number of hydrogen-bond donors (Lipinski definition) is 2. The minimum absolute atomic E-state index is 0.0453. The van der Waals surface area contributed by atoms with E-state index >= 15 is 0 Å². The Kier molecular flexibility index (Phi) is 6.90. The smallest absolute Gasteiger partial charge is 0.156 e. The second-order valence-electron chi connectivity index (χ2n) is 2.74. The highest BCUT2D eigenvalue weighted by atomic mass is 32.1. The molecule has 0 radical (unpaired) electrons. The van der Waals surface area contributed by atoms with Gasteiger partial charge in [0.05, 0.1) is 0 Å². The molecule has 0 aromatic carbocycles. The van der Waals surface area contributed by atoms with Gasteiger partial charge in [-0.3, -0.25) is 0 Å². The van der Waals surface area contributed by atoms with E-state index in [1.165, 1.54) is 0 Å². The average Bonchev–Trinajstić information content (AvgIpc) is 2.09. The Morgan fingerprint density at radius 3 is 1.50 bits per heavy atom. The average molecular weight is 238 g/mol. The largest absolute Gasteiger partial charge is 0.485 e. The Labute approximate surface area is 93.8 Å². The molecule has 6 heteroatoms. The van der Waals surface area contributed by atoms with Crippen molar-refractivity contribution in [3.63, 3.8) is 0 Å². The van der Waals surface area contributed by atoms with E-state index < -0.39 is 12.2 Å². The highest BCUT2D eigenvalue weighted by Crippen LogP contribution is 1.97. The fraction of sp³-hybridized carbons (Fsp3) is 0.750. The molecule has 4 nitrogen and oxygen atoms in total. The quantitative estimate of drug-likeness (QED) is 0.678. The van der Waals surface area contributed by atoms with Crippen LogP contribution in [-0.2, 0) is 9.47 Å². The number of hydrogen-bond acceptors (Lipinski definition) is 6. The van der Waals surface area contributed by atoms with Crippen LogP contribution in [0.25, 0.3) is 0 Å². The zero-order valence-electron chi connectivity index (χ0n) is 8.10. The van der Waals surface area contributed by atoms with Crippen molar-refractivity contribution in [1.82, 2.24) is 0 Å². The van der Waals surface area contributed by atoms with Gasteiger partial charge in [-0.1, -0.05) is 0 Å². The number of aliphatic hydroxyl groups excluding tert-OH is 2. The van der Waals surface area contributed by atoms with Gasteiger partial charge in [-0.2, -0.15) is 0 Å². The molecule has 0 unspecified atom stereocenters. The molecule has 82 valence electrons. The summed E-state index contributed by atoms with van der Waals surface area (Å²) in [6.45, 7) is 3.09. The Balaban J connectivity index is 3.69. The van der Waals surface area contributed by atoms with E-state index in [2.05, 4.69) is 24.4 Å². The normalized spacial score (nSPS) is 14.3. The van der Waals surface area contributed by atoms with Crippen molar-refractivity contribution in [2.24, 2.45) is 0 Å². The Hall–Kier alpha value is -0.300. The summed E-state index contributed by atoms with van der Waals surface area (Å²) in [5.74, 6) is 0. The van der Waals surface area contributed by atoms with Crippen molar-refractivity contribution < 1.29 is 19.7 Å². The Morgan fingerprint density at radius 2 is 1.29 bits per heavy atom. The molecular formula is C8H14O4S2. The van der Waals surface area contributed by atoms with Crippen molar-refractivity contribution in [2.45, 2.75) is 26.1 Å². The van der Waals surface area contributed by atoms with E-state index in [0.717, 1.165) is 0 Å². The summed E-state index contributed by atoms with van der Waals surface area (Å²) in [4.78, 5) is 0. The molecule has 0 bridgehead atoms. The van der Waals surface area contributed by atoms with E-state index in [0.29, 0.717) is 10.1 Å². The van der Waals surface area contributed by atoms with Gasteiger partial charge in [0.2, 0.25) is 0 Å². The highest BCUT2D eigenvalue weighted by molar-refractivity contribution is 7.80. The first-order valence-electron chi connectivity index (χ1n) is 4.06. The SMILES string of the molecule is CC(=S)OC[C@H](O)[C@@H](O)COC(C)=S. The van der Waals surface area contributed by atoms with Gasteiger partial charge >= 0.3 is 0 Å². The molecule has 0 saturated heterocycles. The zero-order valence-corrected chi connectivity index (χ0v) is 9.73. The van der Waals surface area contributed by atoms with Crippen LogP contribution < -0.4 is 0 Å². The number of ether oxygens (including phenoxy) is 2. The van der Waals surface area contributed by atoms with E-state index in [-0.39, 0.29) is 13.2 Å². The van der Waals surface area contributed by atoms with Gasteiger partial charge in [-0.05, 0) is 24.4 Å². The third-order valence-electron chi connectivity index (χ3n) is 1.36. The molecule has 0 aromatic heterocycles. The molecule has 2 atom stereocenters. The second kappa shape index (κ2) is 7.05. The molecule has 0 aliphatic carbocycles. The molecule has 0 aromatic rings. The monoisotopic (exact) mass is 238 g/mol. The molecule has 0 rings (SSSR count). The summed E-state index contributed by atoms with van der Waals surface area (Å²) in [5, 5.41) is 19.3. The van der Waals surface area contributed by atoms with Gasteiger partial charge in [0.25, 0.3) is 0 Å². The van der Waals surface area contributed by atoms with E-state index in [1.54, 1.807) is 13.8 Å². The molecule has 0 saturated carbocycles. The van der Waals surface area contributed by atoms with Gasteiger partial charge in [0.1, 0.15) is 25.4 Å². The van der Waals surface area contributed by atoms with Crippen molar-refractivity contribution in [2.75, 3.05) is 13.2 Å². The Bertz CT molecular complexity index is 186. The first kappa shape index (κ1) is 13.7. The summed E-state index contributed by atoms with van der Waals surface area (Å²) in [6.07, 6.45) is -2.05. The maximum Gasteiger partial charge on any atom is 0.156 e. The standard InChI is InChI=1S/C8H14O4S2/c1-5(13)11-3-7(9)8(10)4-12-6(2)14/h7-10H,3-4H2,1-2H3/t7-,8-/m0/s1. The lowest BCUT2D eigenvalue weighted by Crippen LogP contribution is -2.35. The molecule has 0 spiro atoms. The lowest BCUT2D eigenvalue weighted by Gasteiger charge is -2.17. The predicted molar refractivity (Wildman–Crippen MR) is 60.5 cm³/mol. The molecular weight excluding hydrogens is 224 g/mol. The lowest BCUT2D eigenvalue weighted by molar-refractivity contribution is -0.0324. The van der Waals surface area contributed by atoms with Crippen LogP contribution in [0.4, 0.5) is 0 Å². The number of aliphatic hydroxyl groups is 2. The van der Waals surface area contributed by atoms with Crippen LogP contribution in [0.5, 0.6) is 0 Å². The topological polar surface area (TPSA) is 58.9 Å². The van der Waals surface area contributed by atoms with Crippen LogP contribution in [-0.4, -0.2) is 45.7 Å². The first-order valence-corrected chi connectivity index (χ1v) is 4.88. The first-order chi connectivity index (χ1) is 6.43. The molecule has 2 N–H and O–H groups in total. The second-order valence-corrected chi connectivity index (χ2v) is 3.89. The number of rotatable bonds is 5. The number of thiocarbonyl (C=S) groups is 2. The summed E-state index contributed by atoms with van der Waals surface area (Å²) < 4.78 is 9.73.